The molecule has 3 amide bonds. The van der Waals surface area contributed by atoms with E-state index in [4.69, 9.17) is 23.2 Å². The molecule has 0 bridgehead atoms. The lowest BCUT2D eigenvalue weighted by molar-refractivity contribution is -0.123. The largest absolute Gasteiger partial charge is 0.348 e. The highest BCUT2D eigenvalue weighted by molar-refractivity contribution is 8.18. The number of hydrogen-bond acceptors (Lipinski definition) is 4. The third-order valence-corrected chi connectivity index (χ3v) is 7.81. The summed E-state index contributed by atoms with van der Waals surface area (Å²) in [4.78, 5) is 40.2. The fourth-order valence-corrected chi connectivity index (χ4v) is 5.68. The van der Waals surface area contributed by atoms with Gasteiger partial charge in [0.1, 0.15) is 6.54 Å². The van der Waals surface area contributed by atoms with Gasteiger partial charge in [-0.1, -0.05) is 77.8 Å². The van der Waals surface area contributed by atoms with E-state index in [1.54, 1.807) is 24.3 Å². The van der Waals surface area contributed by atoms with Crippen LogP contribution in [0.1, 0.15) is 29.7 Å². The van der Waals surface area contributed by atoms with Crippen LogP contribution in [0, 0.1) is 0 Å². The van der Waals surface area contributed by atoms with Gasteiger partial charge in [0, 0.05) is 32.7 Å². The van der Waals surface area contributed by atoms with Crippen molar-refractivity contribution in [2.75, 3.05) is 0 Å². The van der Waals surface area contributed by atoms with E-state index in [0.29, 0.717) is 20.5 Å². The van der Waals surface area contributed by atoms with Gasteiger partial charge < -0.3 is 9.88 Å². The van der Waals surface area contributed by atoms with Crippen LogP contribution in [0.5, 0.6) is 0 Å². The van der Waals surface area contributed by atoms with E-state index >= 15 is 0 Å². The zero-order valence-electron chi connectivity index (χ0n) is 20.4. The predicted molar refractivity (Wildman–Crippen MR) is 153 cm³/mol. The first kappa shape index (κ1) is 26.1. The Bertz CT molecular complexity index is 1580. The SMILES string of the molecule is CC(NC(=O)Cn1cc(/C=C2\SC(=O)N(Cc3ccc(Cl)cc3Cl)C2=O)c2ccccc21)c1ccccc1. The molecule has 1 aromatic heterocycles. The van der Waals surface area contributed by atoms with Gasteiger partial charge in [0.05, 0.1) is 17.5 Å². The molecular formula is C29H23Cl2N3O3S. The van der Waals surface area contributed by atoms with Crippen LogP contribution in [0.15, 0.2) is 83.9 Å². The summed E-state index contributed by atoms with van der Waals surface area (Å²) in [5, 5.41) is 4.42. The number of benzene rings is 3. The number of amides is 3. The second-order valence-corrected chi connectivity index (χ2v) is 10.8. The number of nitrogens with one attached hydrogen (secondary N) is 1. The van der Waals surface area contributed by atoms with Crippen LogP contribution in [0.3, 0.4) is 0 Å². The Morgan fingerprint density at radius 1 is 1.03 bits per heavy atom. The zero-order chi connectivity index (χ0) is 26.8. The summed E-state index contributed by atoms with van der Waals surface area (Å²) in [6.45, 7) is 2.11. The maximum absolute atomic E-state index is 13.2. The zero-order valence-corrected chi connectivity index (χ0v) is 22.7. The average Bonchev–Trinajstić information content (AvgIpc) is 3.37. The molecule has 0 radical (unpaired) electrons. The van der Waals surface area contributed by atoms with Crippen molar-refractivity contribution in [3.63, 3.8) is 0 Å². The minimum absolute atomic E-state index is 0.0551. The second-order valence-electron chi connectivity index (χ2n) is 8.93. The standard InChI is InChI=1S/C29H23Cl2N3O3S/c1-18(19-7-3-2-4-8-19)32-27(35)17-33-15-21(23-9-5-6-10-25(23)33)13-26-28(36)34(29(37)38-26)16-20-11-12-22(30)14-24(20)31/h2-15,18H,16-17H2,1H3,(H,32,35)/b26-13-. The molecule has 6 nitrogen and oxygen atoms in total. The number of fused-ring (bicyclic) bond motifs is 1. The molecular weight excluding hydrogens is 541 g/mol. The van der Waals surface area contributed by atoms with Crippen LogP contribution in [0.4, 0.5) is 4.79 Å². The summed E-state index contributed by atoms with van der Waals surface area (Å²) in [7, 11) is 0. The van der Waals surface area contributed by atoms with Crippen LogP contribution in [-0.4, -0.2) is 26.5 Å². The van der Waals surface area contributed by atoms with Gasteiger partial charge in [-0.15, -0.1) is 0 Å². The lowest BCUT2D eigenvalue weighted by atomic mass is 10.1. The molecule has 192 valence electrons. The molecule has 1 unspecified atom stereocenters. The highest BCUT2D eigenvalue weighted by atomic mass is 35.5. The number of thioether (sulfide) groups is 1. The molecule has 0 saturated carbocycles. The predicted octanol–water partition coefficient (Wildman–Crippen LogP) is 7.06. The van der Waals surface area contributed by atoms with Gasteiger partial charge in [-0.25, -0.2) is 0 Å². The van der Waals surface area contributed by atoms with Crippen LogP contribution >= 0.6 is 35.0 Å². The first-order chi connectivity index (χ1) is 18.3. The van der Waals surface area contributed by atoms with Crippen molar-refractivity contribution in [2.45, 2.75) is 26.1 Å². The van der Waals surface area contributed by atoms with Crippen LogP contribution in [-0.2, 0) is 22.7 Å². The van der Waals surface area contributed by atoms with Gasteiger partial charge in [-0.2, -0.15) is 0 Å². The molecule has 1 fully saturated rings. The molecule has 0 spiro atoms. The maximum Gasteiger partial charge on any atom is 0.293 e. The number of hydrogen-bond donors (Lipinski definition) is 1. The van der Waals surface area contributed by atoms with Crippen molar-refractivity contribution >= 4 is 69.0 Å². The second kappa shape index (κ2) is 11.1. The summed E-state index contributed by atoms with van der Waals surface area (Å²) in [5.41, 5.74) is 3.26. The topological polar surface area (TPSA) is 71.4 Å². The molecule has 1 atom stereocenters. The number of rotatable bonds is 7. The number of carbonyl (C=O) groups excluding carboxylic acids is 3. The molecule has 1 aliphatic rings. The number of halogens is 2. The van der Waals surface area contributed by atoms with Gasteiger partial charge in [-0.3, -0.25) is 19.3 Å². The molecule has 1 saturated heterocycles. The highest BCUT2D eigenvalue weighted by Gasteiger charge is 2.35. The number of aromatic nitrogens is 1. The lowest BCUT2D eigenvalue weighted by Crippen LogP contribution is -2.29. The summed E-state index contributed by atoms with van der Waals surface area (Å²) in [6.07, 6.45) is 3.54. The summed E-state index contributed by atoms with van der Waals surface area (Å²) >= 11 is 13.1. The van der Waals surface area contributed by atoms with E-state index in [-0.39, 0.29) is 30.3 Å². The van der Waals surface area contributed by atoms with Crippen LogP contribution in [0.25, 0.3) is 17.0 Å². The molecule has 4 aromatic rings. The monoisotopic (exact) mass is 563 g/mol. The fraction of sp³-hybridized carbons (Fsp3) is 0.138. The van der Waals surface area contributed by atoms with Crippen LogP contribution < -0.4 is 5.32 Å². The van der Waals surface area contributed by atoms with Crippen LogP contribution in [0.2, 0.25) is 10.0 Å². The Kier molecular flexibility index (Phi) is 7.61. The van der Waals surface area contributed by atoms with Crippen molar-refractivity contribution in [3.05, 3.63) is 111 Å². The number of nitrogens with zero attached hydrogens (tertiary/aromatic N) is 2. The van der Waals surface area contributed by atoms with E-state index in [2.05, 4.69) is 5.32 Å². The van der Waals surface area contributed by atoms with Gasteiger partial charge in [0.25, 0.3) is 11.1 Å². The van der Waals surface area contributed by atoms with Crippen molar-refractivity contribution in [3.8, 4) is 0 Å². The highest BCUT2D eigenvalue weighted by Crippen LogP contribution is 2.36. The Hall–Kier alpha value is -3.52. The van der Waals surface area contributed by atoms with Crippen molar-refractivity contribution in [2.24, 2.45) is 0 Å². The van der Waals surface area contributed by atoms with Crippen molar-refractivity contribution in [1.82, 2.24) is 14.8 Å². The number of imide groups is 1. The summed E-state index contributed by atoms with van der Waals surface area (Å²) in [6, 6.07) is 22.2. The third kappa shape index (κ3) is 5.50. The first-order valence-corrected chi connectivity index (χ1v) is 13.5. The normalized spacial score (nSPS) is 15.4. The molecule has 0 aliphatic carbocycles. The molecule has 1 N–H and O–H groups in total. The Morgan fingerprint density at radius 3 is 2.53 bits per heavy atom. The van der Waals surface area contributed by atoms with E-state index in [1.807, 2.05) is 72.3 Å². The Morgan fingerprint density at radius 2 is 1.76 bits per heavy atom. The van der Waals surface area contributed by atoms with E-state index in [0.717, 1.165) is 33.8 Å². The fourth-order valence-electron chi connectivity index (χ4n) is 4.39. The number of para-hydroxylation sites is 1. The molecule has 3 aromatic carbocycles. The molecule has 1 aliphatic heterocycles. The Labute approximate surface area is 234 Å². The van der Waals surface area contributed by atoms with E-state index in [1.165, 1.54) is 4.90 Å². The van der Waals surface area contributed by atoms with Gasteiger partial charge in [0.15, 0.2) is 0 Å². The minimum atomic E-state index is -0.391. The molecule has 5 rings (SSSR count). The summed E-state index contributed by atoms with van der Waals surface area (Å²) < 4.78 is 1.85. The van der Waals surface area contributed by atoms with Gasteiger partial charge >= 0.3 is 0 Å². The quantitative estimate of drug-likeness (QED) is 0.244. The molecule has 9 heteroatoms. The smallest absolute Gasteiger partial charge is 0.293 e. The Balaban J connectivity index is 1.37. The summed E-state index contributed by atoms with van der Waals surface area (Å²) in [5.74, 6) is -0.522. The van der Waals surface area contributed by atoms with E-state index < -0.39 is 5.91 Å². The minimum Gasteiger partial charge on any atom is -0.348 e. The van der Waals surface area contributed by atoms with Crippen molar-refractivity contribution < 1.29 is 14.4 Å². The van der Waals surface area contributed by atoms with E-state index in [9.17, 15) is 14.4 Å². The number of carbonyl (C=O) groups is 3. The first-order valence-electron chi connectivity index (χ1n) is 11.9. The molecule has 38 heavy (non-hydrogen) atoms. The van der Waals surface area contributed by atoms with Crippen molar-refractivity contribution in [1.29, 1.82) is 0 Å². The van der Waals surface area contributed by atoms with Gasteiger partial charge in [0.2, 0.25) is 5.91 Å². The average molecular weight is 564 g/mol. The van der Waals surface area contributed by atoms with Gasteiger partial charge in [-0.05, 0) is 54.1 Å². The third-order valence-electron chi connectivity index (χ3n) is 6.31. The lowest BCUT2D eigenvalue weighted by Gasteiger charge is -2.15. The maximum atomic E-state index is 13.2. The molecule has 2 heterocycles.